The molecule has 1 heterocycles. The third-order valence-corrected chi connectivity index (χ3v) is 2.85. The number of nitrogens with zero attached hydrogens (tertiary/aromatic N) is 1. The highest BCUT2D eigenvalue weighted by Gasteiger charge is 2.24. The Morgan fingerprint density at radius 2 is 1.83 bits per heavy atom. The number of aliphatic hydroxyl groups is 1. The SMILES string of the molecule is CC(O)CN1[C@H](C)CCC[C@H]1C. The van der Waals surface area contributed by atoms with Crippen molar-refractivity contribution in [1.82, 2.24) is 4.90 Å². The molecular formula is C10H21NO. The number of β-amino-alcohol motifs (C(OH)–C–C–N with tert-alkyl or cyclic N) is 1. The van der Waals surface area contributed by atoms with E-state index >= 15 is 0 Å². The molecule has 0 saturated carbocycles. The van der Waals surface area contributed by atoms with Crippen molar-refractivity contribution in [3.05, 3.63) is 0 Å². The monoisotopic (exact) mass is 171 g/mol. The van der Waals surface area contributed by atoms with E-state index in [1.807, 2.05) is 6.92 Å². The van der Waals surface area contributed by atoms with E-state index in [-0.39, 0.29) is 6.10 Å². The van der Waals surface area contributed by atoms with Crippen molar-refractivity contribution in [3.8, 4) is 0 Å². The Kier molecular flexibility index (Phi) is 3.53. The first-order valence-electron chi connectivity index (χ1n) is 5.05. The maximum absolute atomic E-state index is 9.30. The van der Waals surface area contributed by atoms with Crippen LogP contribution in [0.2, 0.25) is 0 Å². The maximum Gasteiger partial charge on any atom is 0.0639 e. The normalized spacial score (nSPS) is 35.0. The first kappa shape index (κ1) is 10.0. The van der Waals surface area contributed by atoms with Gasteiger partial charge in [-0.25, -0.2) is 0 Å². The molecule has 3 atom stereocenters. The minimum absolute atomic E-state index is 0.187. The van der Waals surface area contributed by atoms with Crippen molar-refractivity contribution >= 4 is 0 Å². The highest BCUT2D eigenvalue weighted by Crippen LogP contribution is 2.22. The van der Waals surface area contributed by atoms with Crippen molar-refractivity contribution in [2.24, 2.45) is 0 Å². The minimum Gasteiger partial charge on any atom is -0.392 e. The molecule has 12 heavy (non-hydrogen) atoms. The lowest BCUT2D eigenvalue weighted by molar-refractivity contribution is 0.0489. The summed E-state index contributed by atoms with van der Waals surface area (Å²) >= 11 is 0. The van der Waals surface area contributed by atoms with Crippen molar-refractivity contribution < 1.29 is 5.11 Å². The molecule has 1 saturated heterocycles. The zero-order chi connectivity index (χ0) is 9.14. The van der Waals surface area contributed by atoms with Crippen LogP contribution in [-0.4, -0.2) is 34.7 Å². The highest BCUT2D eigenvalue weighted by atomic mass is 16.3. The Labute approximate surface area is 75.6 Å². The molecule has 0 aromatic heterocycles. The standard InChI is InChI=1S/C10H21NO/c1-8-5-4-6-9(2)11(8)7-10(3)12/h8-10,12H,4-7H2,1-3H3/t8-,9-,10?/m1/s1. The first-order valence-corrected chi connectivity index (χ1v) is 5.05. The van der Waals surface area contributed by atoms with E-state index in [0.717, 1.165) is 6.54 Å². The van der Waals surface area contributed by atoms with Crippen LogP contribution in [0.15, 0.2) is 0 Å². The molecule has 0 aromatic carbocycles. The zero-order valence-corrected chi connectivity index (χ0v) is 8.45. The molecule has 1 rings (SSSR count). The van der Waals surface area contributed by atoms with Gasteiger partial charge < -0.3 is 5.11 Å². The van der Waals surface area contributed by atoms with Gasteiger partial charge in [0.25, 0.3) is 0 Å². The summed E-state index contributed by atoms with van der Waals surface area (Å²) in [5.41, 5.74) is 0. The van der Waals surface area contributed by atoms with Crippen LogP contribution in [0, 0.1) is 0 Å². The van der Waals surface area contributed by atoms with Gasteiger partial charge in [0, 0.05) is 18.6 Å². The van der Waals surface area contributed by atoms with E-state index in [0.29, 0.717) is 12.1 Å². The summed E-state index contributed by atoms with van der Waals surface area (Å²) in [7, 11) is 0. The topological polar surface area (TPSA) is 23.5 Å². The van der Waals surface area contributed by atoms with Crippen LogP contribution in [0.3, 0.4) is 0 Å². The number of rotatable bonds is 2. The molecule has 2 heteroatoms. The van der Waals surface area contributed by atoms with Gasteiger partial charge in [0.1, 0.15) is 0 Å². The largest absolute Gasteiger partial charge is 0.392 e. The van der Waals surface area contributed by atoms with E-state index in [4.69, 9.17) is 0 Å². The molecule has 1 aliphatic heterocycles. The van der Waals surface area contributed by atoms with Crippen LogP contribution >= 0.6 is 0 Å². The second-order valence-electron chi connectivity index (χ2n) is 4.17. The van der Waals surface area contributed by atoms with Gasteiger partial charge in [0.05, 0.1) is 6.10 Å². The van der Waals surface area contributed by atoms with Crippen LogP contribution in [0.25, 0.3) is 0 Å². The van der Waals surface area contributed by atoms with Crippen LogP contribution in [0.4, 0.5) is 0 Å². The van der Waals surface area contributed by atoms with E-state index in [2.05, 4.69) is 18.7 Å². The second-order valence-corrected chi connectivity index (χ2v) is 4.17. The minimum atomic E-state index is -0.187. The summed E-state index contributed by atoms with van der Waals surface area (Å²) < 4.78 is 0. The fraction of sp³-hybridized carbons (Fsp3) is 1.00. The third-order valence-electron chi connectivity index (χ3n) is 2.85. The van der Waals surface area contributed by atoms with Gasteiger partial charge in [-0.15, -0.1) is 0 Å². The summed E-state index contributed by atoms with van der Waals surface area (Å²) in [6.07, 6.45) is 3.74. The van der Waals surface area contributed by atoms with Crippen LogP contribution in [-0.2, 0) is 0 Å². The molecule has 1 N–H and O–H groups in total. The first-order chi connectivity index (χ1) is 5.61. The molecule has 0 spiro atoms. The van der Waals surface area contributed by atoms with Crippen LogP contribution in [0.5, 0.6) is 0 Å². The summed E-state index contributed by atoms with van der Waals surface area (Å²) in [5, 5.41) is 9.30. The Balaban J connectivity index is 2.45. The predicted octanol–water partition coefficient (Wildman–Crippen LogP) is 1.63. The molecule has 0 aliphatic carbocycles. The quantitative estimate of drug-likeness (QED) is 0.682. The molecule has 2 nitrogen and oxygen atoms in total. The number of piperidine rings is 1. The Morgan fingerprint density at radius 3 is 2.25 bits per heavy atom. The van der Waals surface area contributed by atoms with Gasteiger partial charge in [-0.3, -0.25) is 4.90 Å². The molecule has 72 valence electrons. The molecule has 1 unspecified atom stereocenters. The average Bonchev–Trinajstić information content (AvgIpc) is 1.97. The Hall–Kier alpha value is -0.0800. The maximum atomic E-state index is 9.30. The van der Waals surface area contributed by atoms with Gasteiger partial charge in [0.2, 0.25) is 0 Å². The number of hydrogen-bond donors (Lipinski definition) is 1. The molecule has 0 bridgehead atoms. The van der Waals surface area contributed by atoms with Crippen LogP contribution < -0.4 is 0 Å². The molecular weight excluding hydrogens is 150 g/mol. The van der Waals surface area contributed by atoms with Gasteiger partial charge in [-0.05, 0) is 33.6 Å². The molecule has 1 fully saturated rings. The van der Waals surface area contributed by atoms with E-state index in [9.17, 15) is 5.11 Å². The lowest BCUT2D eigenvalue weighted by atomic mass is 9.97. The summed E-state index contributed by atoms with van der Waals surface area (Å²) in [4.78, 5) is 2.42. The number of aliphatic hydroxyl groups excluding tert-OH is 1. The zero-order valence-electron chi connectivity index (χ0n) is 8.45. The van der Waals surface area contributed by atoms with Crippen molar-refractivity contribution in [2.45, 2.75) is 58.2 Å². The molecule has 1 aliphatic rings. The average molecular weight is 171 g/mol. The number of likely N-dealkylation sites (tertiary alicyclic amines) is 1. The van der Waals surface area contributed by atoms with Crippen LogP contribution in [0.1, 0.15) is 40.0 Å². The fourth-order valence-corrected chi connectivity index (χ4v) is 2.14. The number of hydrogen-bond acceptors (Lipinski definition) is 2. The summed E-state index contributed by atoms with van der Waals surface area (Å²) in [5.74, 6) is 0. The molecule has 0 radical (unpaired) electrons. The summed E-state index contributed by atoms with van der Waals surface area (Å²) in [6, 6.07) is 1.31. The Morgan fingerprint density at radius 1 is 1.33 bits per heavy atom. The summed E-state index contributed by atoms with van der Waals surface area (Å²) in [6.45, 7) is 7.23. The van der Waals surface area contributed by atoms with Gasteiger partial charge in [-0.2, -0.15) is 0 Å². The lowest BCUT2D eigenvalue weighted by Gasteiger charge is -2.39. The van der Waals surface area contributed by atoms with Crippen molar-refractivity contribution in [2.75, 3.05) is 6.54 Å². The van der Waals surface area contributed by atoms with E-state index in [1.54, 1.807) is 0 Å². The van der Waals surface area contributed by atoms with Gasteiger partial charge in [-0.1, -0.05) is 6.42 Å². The highest BCUT2D eigenvalue weighted by molar-refractivity contribution is 4.80. The third kappa shape index (κ3) is 2.46. The second kappa shape index (κ2) is 4.24. The fourth-order valence-electron chi connectivity index (χ4n) is 2.14. The van der Waals surface area contributed by atoms with Gasteiger partial charge >= 0.3 is 0 Å². The van der Waals surface area contributed by atoms with Gasteiger partial charge in [0.15, 0.2) is 0 Å². The molecule has 0 amide bonds. The predicted molar refractivity (Wildman–Crippen MR) is 51.2 cm³/mol. The van der Waals surface area contributed by atoms with Crippen molar-refractivity contribution in [1.29, 1.82) is 0 Å². The van der Waals surface area contributed by atoms with E-state index < -0.39 is 0 Å². The molecule has 0 aromatic rings. The van der Waals surface area contributed by atoms with Crippen molar-refractivity contribution in [3.63, 3.8) is 0 Å². The van der Waals surface area contributed by atoms with E-state index in [1.165, 1.54) is 19.3 Å². The lowest BCUT2D eigenvalue weighted by Crippen LogP contribution is -2.46. The Bertz CT molecular complexity index is 126. The smallest absolute Gasteiger partial charge is 0.0639 e.